The molecule has 0 unspecified atom stereocenters. The summed E-state index contributed by atoms with van der Waals surface area (Å²) in [7, 11) is 1.42. The van der Waals surface area contributed by atoms with Crippen LogP contribution in [0, 0.1) is 15.9 Å². The van der Waals surface area contributed by atoms with Crippen molar-refractivity contribution in [1.29, 1.82) is 0 Å². The van der Waals surface area contributed by atoms with Gasteiger partial charge < -0.3 is 10.1 Å². The largest absolute Gasteiger partial charge is 0.496 e. The number of hydrogen-bond donors (Lipinski definition) is 2. The van der Waals surface area contributed by atoms with Crippen LogP contribution in [0.4, 0.5) is 15.8 Å². The summed E-state index contributed by atoms with van der Waals surface area (Å²) in [4.78, 5) is 22.2. The third kappa shape index (κ3) is 4.70. The molecule has 10 heteroatoms. The number of hydrogen-bond acceptors (Lipinski definition) is 5. The van der Waals surface area contributed by atoms with Crippen molar-refractivity contribution < 1.29 is 18.8 Å². The van der Waals surface area contributed by atoms with E-state index in [1.165, 1.54) is 13.2 Å². The Morgan fingerprint density at radius 2 is 2.04 bits per heavy atom. The number of rotatable bonds is 4. The molecule has 0 aromatic heterocycles. The quantitative estimate of drug-likeness (QED) is 0.439. The molecule has 0 radical (unpaired) electrons. The molecule has 2 aromatic rings. The predicted molar refractivity (Wildman–Crippen MR) is 97.4 cm³/mol. The molecule has 2 aromatic carbocycles. The van der Waals surface area contributed by atoms with Gasteiger partial charge in [-0.2, -0.15) is 4.39 Å². The molecule has 0 saturated carbocycles. The van der Waals surface area contributed by atoms with Crippen LogP contribution in [-0.2, 0) is 0 Å². The van der Waals surface area contributed by atoms with Crippen LogP contribution in [0.25, 0.3) is 0 Å². The zero-order valence-corrected chi connectivity index (χ0v) is 15.1. The van der Waals surface area contributed by atoms with Crippen molar-refractivity contribution in [3.8, 4) is 5.75 Å². The van der Waals surface area contributed by atoms with Crippen molar-refractivity contribution in [2.45, 2.75) is 0 Å². The monoisotopic (exact) mass is 427 g/mol. The Labute approximate surface area is 155 Å². The lowest BCUT2D eigenvalue weighted by molar-refractivity contribution is -0.387. The summed E-state index contributed by atoms with van der Waals surface area (Å²) in [6.45, 7) is 0. The minimum absolute atomic E-state index is 0.104. The zero-order valence-electron chi connectivity index (χ0n) is 12.7. The summed E-state index contributed by atoms with van der Waals surface area (Å²) in [5.74, 6) is -1.16. The highest BCUT2D eigenvalue weighted by Gasteiger charge is 2.17. The van der Waals surface area contributed by atoms with E-state index in [0.717, 1.165) is 12.1 Å². The van der Waals surface area contributed by atoms with Gasteiger partial charge in [0, 0.05) is 16.2 Å². The number of nitro groups is 1. The first-order valence-electron chi connectivity index (χ1n) is 6.71. The third-order valence-electron chi connectivity index (χ3n) is 3.03. The maximum Gasteiger partial charge on any atom is 0.306 e. The van der Waals surface area contributed by atoms with Crippen LogP contribution >= 0.6 is 28.1 Å². The first-order chi connectivity index (χ1) is 11.8. The van der Waals surface area contributed by atoms with Gasteiger partial charge in [0.15, 0.2) is 5.11 Å². The van der Waals surface area contributed by atoms with Crippen LogP contribution in [0.5, 0.6) is 5.75 Å². The van der Waals surface area contributed by atoms with Gasteiger partial charge >= 0.3 is 5.69 Å². The Hall–Kier alpha value is -2.59. The zero-order chi connectivity index (χ0) is 18.6. The Kier molecular flexibility index (Phi) is 5.99. The number of nitrogens with one attached hydrogen (secondary N) is 2. The molecule has 7 nitrogen and oxygen atoms in total. The van der Waals surface area contributed by atoms with Crippen LogP contribution < -0.4 is 15.4 Å². The summed E-state index contributed by atoms with van der Waals surface area (Å²) in [6.07, 6.45) is 0. The fraction of sp³-hybridized carbons (Fsp3) is 0.0667. The first kappa shape index (κ1) is 18.7. The second kappa shape index (κ2) is 7.99. The molecule has 0 aliphatic rings. The van der Waals surface area contributed by atoms with Crippen molar-refractivity contribution in [3.05, 3.63) is 62.4 Å². The van der Waals surface area contributed by atoms with Gasteiger partial charge in [0.2, 0.25) is 5.82 Å². The van der Waals surface area contributed by atoms with Gasteiger partial charge in [-0.1, -0.05) is 15.9 Å². The van der Waals surface area contributed by atoms with E-state index in [-0.39, 0.29) is 16.4 Å². The van der Waals surface area contributed by atoms with E-state index in [9.17, 15) is 19.3 Å². The molecule has 25 heavy (non-hydrogen) atoms. The van der Waals surface area contributed by atoms with Gasteiger partial charge in [0.1, 0.15) is 5.75 Å². The number of amides is 1. The molecule has 1 amide bonds. The topological polar surface area (TPSA) is 93.5 Å². The van der Waals surface area contributed by atoms with Crippen LogP contribution in [-0.4, -0.2) is 23.1 Å². The summed E-state index contributed by atoms with van der Waals surface area (Å²) < 4.78 is 19.1. The van der Waals surface area contributed by atoms with E-state index in [4.69, 9.17) is 17.0 Å². The number of nitrogens with zero attached hydrogens (tertiary/aromatic N) is 1. The van der Waals surface area contributed by atoms with Crippen molar-refractivity contribution in [3.63, 3.8) is 0 Å². The normalized spacial score (nSPS) is 10.0. The average Bonchev–Trinajstić information content (AvgIpc) is 2.56. The average molecular weight is 428 g/mol. The predicted octanol–water partition coefficient (Wildman–Crippen LogP) is 3.63. The first-order valence-corrected chi connectivity index (χ1v) is 7.91. The number of thiocarbonyl (C=S) groups is 1. The van der Waals surface area contributed by atoms with Gasteiger partial charge in [0.05, 0.1) is 17.6 Å². The standard InChI is InChI=1S/C15H11BrFN3O4S/c1-24-13-5-2-8(16)6-10(13)14(21)19-15(25)18-9-3-4-11(17)12(7-9)20(22)23/h2-7H,1H3,(H2,18,19,21,25). The Morgan fingerprint density at radius 1 is 1.32 bits per heavy atom. The molecular weight excluding hydrogens is 417 g/mol. The van der Waals surface area contributed by atoms with E-state index in [2.05, 4.69) is 26.6 Å². The number of ether oxygens (including phenoxy) is 1. The lowest BCUT2D eigenvalue weighted by atomic mass is 10.2. The van der Waals surface area contributed by atoms with Crippen LogP contribution in [0.1, 0.15) is 10.4 Å². The number of anilines is 1. The fourth-order valence-electron chi connectivity index (χ4n) is 1.92. The molecule has 0 saturated heterocycles. The molecule has 130 valence electrons. The lowest BCUT2D eigenvalue weighted by Gasteiger charge is -2.12. The molecule has 0 aliphatic heterocycles. The third-order valence-corrected chi connectivity index (χ3v) is 3.73. The summed E-state index contributed by atoms with van der Waals surface area (Å²) in [5, 5.41) is 15.7. The number of carbonyl (C=O) groups is 1. The molecule has 0 bridgehead atoms. The minimum atomic E-state index is -0.968. The smallest absolute Gasteiger partial charge is 0.306 e. The van der Waals surface area contributed by atoms with Crippen LogP contribution in [0.15, 0.2) is 40.9 Å². The van der Waals surface area contributed by atoms with E-state index in [1.54, 1.807) is 18.2 Å². The number of halogens is 2. The lowest BCUT2D eigenvalue weighted by Crippen LogP contribution is -2.34. The molecule has 0 atom stereocenters. The van der Waals surface area contributed by atoms with Crippen molar-refractivity contribution in [1.82, 2.24) is 5.32 Å². The second-order valence-corrected chi connectivity index (χ2v) is 6.00. The highest BCUT2D eigenvalue weighted by molar-refractivity contribution is 9.10. The van der Waals surface area contributed by atoms with E-state index in [0.29, 0.717) is 10.2 Å². The molecule has 2 rings (SSSR count). The second-order valence-electron chi connectivity index (χ2n) is 4.68. The highest BCUT2D eigenvalue weighted by Crippen LogP contribution is 2.23. The van der Waals surface area contributed by atoms with Crippen molar-refractivity contribution >= 4 is 50.5 Å². The Bertz CT molecular complexity index is 863. The number of carbonyl (C=O) groups excluding carboxylic acids is 1. The van der Waals surface area contributed by atoms with Gasteiger partial charge in [-0.05, 0) is 42.5 Å². The van der Waals surface area contributed by atoms with Gasteiger partial charge in [-0.3, -0.25) is 20.2 Å². The number of benzene rings is 2. The molecule has 0 heterocycles. The summed E-state index contributed by atoms with van der Waals surface area (Å²) in [6, 6.07) is 8.05. The van der Waals surface area contributed by atoms with Crippen molar-refractivity contribution in [2.24, 2.45) is 0 Å². The fourth-order valence-corrected chi connectivity index (χ4v) is 2.49. The number of methoxy groups -OCH3 is 1. The van der Waals surface area contributed by atoms with Crippen LogP contribution in [0.2, 0.25) is 0 Å². The van der Waals surface area contributed by atoms with Gasteiger partial charge in [-0.25, -0.2) is 0 Å². The van der Waals surface area contributed by atoms with Crippen molar-refractivity contribution in [2.75, 3.05) is 12.4 Å². The van der Waals surface area contributed by atoms with Crippen LogP contribution in [0.3, 0.4) is 0 Å². The summed E-state index contributed by atoms with van der Waals surface area (Å²) in [5.41, 5.74) is -0.293. The summed E-state index contributed by atoms with van der Waals surface area (Å²) >= 11 is 8.27. The molecular formula is C15H11BrFN3O4S. The Morgan fingerprint density at radius 3 is 2.68 bits per heavy atom. The molecule has 0 spiro atoms. The SMILES string of the molecule is COc1ccc(Br)cc1C(=O)NC(=S)Nc1ccc(F)c([N+](=O)[O-])c1. The highest BCUT2D eigenvalue weighted by atomic mass is 79.9. The van der Waals surface area contributed by atoms with E-state index in [1.807, 2.05) is 0 Å². The maximum atomic E-state index is 13.3. The number of nitro benzene ring substituents is 1. The molecule has 0 aliphatic carbocycles. The van der Waals surface area contributed by atoms with Gasteiger partial charge in [-0.15, -0.1) is 0 Å². The molecule has 0 fully saturated rings. The Balaban J connectivity index is 2.13. The molecule has 2 N–H and O–H groups in total. The van der Waals surface area contributed by atoms with E-state index >= 15 is 0 Å². The van der Waals surface area contributed by atoms with E-state index < -0.39 is 22.3 Å². The maximum absolute atomic E-state index is 13.3. The van der Waals surface area contributed by atoms with Gasteiger partial charge in [0.25, 0.3) is 5.91 Å². The minimum Gasteiger partial charge on any atom is -0.496 e.